The second-order valence-corrected chi connectivity index (χ2v) is 6.07. The van der Waals surface area contributed by atoms with E-state index in [1.165, 1.54) is 32.1 Å². The minimum atomic E-state index is -0.235. The van der Waals surface area contributed by atoms with Crippen molar-refractivity contribution in [3.8, 4) is 5.75 Å². The molecule has 0 unspecified atom stereocenters. The first-order valence-corrected chi connectivity index (χ1v) is 8.46. The van der Waals surface area contributed by atoms with Gasteiger partial charge in [-0.05, 0) is 56.9 Å². The van der Waals surface area contributed by atoms with E-state index >= 15 is 0 Å². The molecular weight excluding hydrogens is 276 g/mol. The van der Waals surface area contributed by atoms with Crippen LogP contribution in [0.2, 0.25) is 0 Å². The number of nitrogens with one attached hydrogen (secondary N) is 2. The Morgan fingerprint density at radius 3 is 2.55 bits per heavy atom. The van der Waals surface area contributed by atoms with Crippen molar-refractivity contribution in [2.45, 2.75) is 52.0 Å². The summed E-state index contributed by atoms with van der Waals surface area (Å²) in [6.07, 6.45) is 6.46. The summed E-state index contributed by atoms with van der Waals surface area (Å²) in [5.74, 6) is 1.58. The van der Waals surface area contributed by atoms with Crippen LogP contribution in [0.1, 0.15) is 46.0 Å². The SMILES string of the molecule is CCOc1ccc(N[C@H](C)C(=O)NCC2CCCCC2)cc1. The molecule has 1 aromatic rings. The van der Waals surface area contributed by atoms with Crippen molar-refractivity contribution >= 4 is 11.6 Å². The van der Waals surface area contributed by atoms with Gasteiger partial charge in [-0.2, -0.15) is 0 Å². The van der Waals surface area contributed by atoms with E-state index in [0.29, 0.717) is 12.5 Å². The highest BCUT2D eigenvalue weighted by Crippen LogP contribution is 2.22. The molecule has 122 valence electrons. The van der Waals surface area contributed by atoms with Crippen LogP contribution in [0, 0.1) is 5.92 Å². The second kappa shape index (κ2) is 8.66. The highest BCUT2D eigenvalue weighted by atomic mass is 16.5. The summed E-state index contributed by atoms with van der Waals surface area (Å²) >= 11 is 0. The van der Waals surface area contributed by atoms with E-state index < -0.39 is 0 Å². The van der Waals surface area contributed by atoms with Crippen LogP contribution < -0.4 is 15.4 Å². The third-order valence-corrected chi connectivity index (χ3v) is 4.23. The Bertz CT molecular complexity index is 453. The molecule has 1 atom stereocenters. The second-order valence-electron chi connectivity index (χ2n) is 6.07. The molecule has 1 aliphatic carbocycles. The van der Waals surface area contributed by atoms with Gasteiger partial charge in [0.2, 0.25) is 5.91 Å². The van der Waals surface area contributed by atoms with Crippen LogP contribution in [-0.4, -0.2) is 25.1 Å². The van der Waals surface area contributed by atoms with Crippen molar-refractivity contribution in [3.63, 3.8) is 0 Å². The van der Waals surface area contributed by atoms with Crippen LogP contribution in [-0.2, 0) is 4.79 Å². The maximum Gasteiger partial charge on any atom is 0.242 e. The lowest BCUT2D eigenvalue weighted by Gasteiger charge is -2.23. The number of hydrogen-bond donors (Lipinski definition) is 2. The van der Waals surface area contributed by atoms with Gasteiger partial charge in [-0.1, -0.05) is 19.3 Å². The highest BCUT2D eigenvalue weighted by molar-refractivity contribution is 5.84. The third-order valence-electron chi connectivity index (χ3n) is 4.23. The zero-order valence-corrected chi connectivity index (χ0v) is 13.7. The molecule has 1 amide bonds. The fourth-order valence-corrected chi connectivity index (χ4v) is 2.92. The number of rotatable bonds is 7. The van der Waals surface area contributed by atoms with Gasteiger partial charge in [0.05, 0.1) is 6.61 Å². The van der Waals surface area contributed by atoms with Crippen molar-refractivity contribution in [2.75, 3.05) is 18.5 Å². The van der Waals surface area contributed by atoms with Crippen molar-refractivity contribution in [3.05, 3.63) is 24.3 Å². The van der Waals surface area contributed by atoms with E-state index in [0.717, 1.165) is 18.0 Å². The molecule has 2 N–H and O–H groups in total. The van der Waals surface area contributed by atoms with Crippen molar-refractivity contribution in [1.82, 2.24) is 5.32 Å². The number of benzene rings is 1. The Hall–Kier alpha value is -1.71. The average molecular weight is 304 g/mol. The predicted molar refractivity (Wildman–Crippen MR) is 90.3 cm³/mol. The molecule has 0 aliphatic heterocycles. The number of anilines is 1. The highest BCUT2D eigenvalue weighted by Gasteiger charge is 2.17. The van der Waals surface area contributed by atoms with Crippen molar-refractivity contribution in [2.24, 2.45) is 5.92 Å². The largest absolute Gasteiger partial charge is 0.494 e. The molecular formula is C18H28N2O2. The van der Waals surface area contributed by atoms with E-state index in [-0.39, 0.29) is 11.9 Å². The molecule has 22 heavy (non-hydrogen) atoms. The summed E-state index contributed by atoms with van der Waals surface area (Å²) in [6, 6.07) is 7.48. The Labute approximate surface area is 133 Å². The molecule has 4 heteroatoms. The number of amides is 1. The first-order chi connectivity index (χ1) is 10.7. The predicted octanol–water partition coefficient (Wildman–Crippen LogP) is 3.58. The Balaban J connectivity index is 1.75. The summed E-state index contributed by atoms with van der Waals surface area (Å²) in [5, 5.41) is 6.31. The van der Waals surface area contributed by atoms with E-state index in [9.17, 15) is 4.79 Å². The van der Waals surface area contributed by atoms with Gasteiger partial charge in [-0.15, -0.1) is 0 Å². The zero-order chi connectivity index (χ0) is 15.8. The van der Waals surface area contributed by atoms with Gasteiger partial charge in [-0.3, -0.25) is 4.79 Å². The third kappa shape index (κ3) is 5.24. The van der Waals surface area contributed by atoms with Crippen LogP contribution >= 0.6 is 0 Å². The summed E-state index contributed by atoms with van der Waals surface area (Å²) in [6.45, 7) is 5.33. The normalized spacial score (nSPS) is 16.8. The molecule has 1 saturated carbocycles. The van der Waals surface area contributed by atoms with Gasteiger partial charge in [0, 0.05) is 12.2 Å². The lowest BCUT2D eigenvalue weighted by Crippen LogP contribution is -2.40. The first kappa shape index (κ1) is 16.7. The van der Waals surface area contributed by atoms with Crippen molar-refractivity contribution in [1.29, 1.82) is 0 Å². The van der Waals surface area contributed by atoms with E-state index in [2.05, 4.69) is 10.6 Å². The summed E-state index contributed by atoms with van der Waals surface area (Å²) in [7, 11) is 0. The molecule has 1 aliphatic rings. The van der Waals surface area contributed by atoms with Crippen LogP contribution in [0.5, 0.6) is 5.75 Å². The zero-order valence-electron chi connectivity index (χ0n) is 13.7. The summed E-state index contributed by atoms with van der Waals surface area (Å²) < 4.78 is 5.41. The molecule has 0 bridgehead atoms. The Morgan fingerprint density at radius 1 is 1.23 bits per heavy atom. The van der Waals surface area contributed by atoms with Gasteiger partial charge in [0.1, 0.15) is 11.8 Å². The van der Waals surface area contributed by atoms with E-state index in [4.69, 9.17) is 4.74 Å². The van der Waals surface area contributed by atoms with Crippen LogP contribution in [0.4, 0.5) is 5.69 Å². The van der Waals surface area contributed by atoms with Crippen molar-refractivity contribution < 1.29 is 9.53 Å². The average Bonchev–Trinajstić information content (AvgIpc) is 2.55. The quantitative estimate of drug-likeness (QED) is 0.809. The van der Waals surface area contributed by atoms with Gasteiger partial charge < -0.3 is 15.4 Å². The molecule has 0 spiro atoms. The number of carbonyl (C=O) groups is 1. The monoisotopic (exact) mass is 304 g/mol. The maximum absolute atomic E-state index is 12.2. The standard InChI is InChI=1S/C18H28N2O2/c1-3-22-17-11-9-16(10-12-17)20-14(2)18(21)19-13-15-7-5-4-6-8-15/h9-12,14-15,20H,3-8,13H2,1-2H3,(H,19,21)/t14-/m1/s1. The maximum atomic E-state index is 12.2. The fourth-order valence-electron chi connectivity index (χ4n) is 2.92. The molecule has 1 fully saturated rings. The minimum Gasteiger partial charge on any atom is -0.494 e. The molecule has 0 saturated heterocycles. The number of hydrogen-bond acceptors (Lipinski definition) is 3. The number of carbonyl (C=O) groups excluding carboxylic acids is 1. The van der Waals surface area contributed by atoms with Crippen LogP contribution in [0.3, 0.4) is 0 Å². The van der Waals surface area contributed by atoms with Gasteiger partial charge in [-0.25, -0.2) is 0 Å². The molecule has 0 radical (unpaired) electrons. The first-order valence-electron chi connectivity index (χ1n) is 8.46. The lowest BCUT2D eigenvalue weighted by atomic mass is 9.89. The smallest absolute Gasteiger partial charge is 0.242 e. The van der Waals surface area contributed by atoms with Crippen LogP contribution in [0.15, 0.2) is 24.3 Å². The Morgan fingerprint density at radius 2 is 1.91 bits per heavy atom. The topological polar surface area (TPSA) is 50.4 Å². The molecule has 0 aromatic heterocycles. The molecule has 1 aromatic carbocycles. The molecule has 0 heterocycles. The molecule has 2 rings (SSSR count). The van der Waals surface area contributed by atoms with E-state index in [1.807, 2.05) is 38.1 Å². The fraction of sp³-hybridized carbons (Fsp3) is 0.611. The van der Waals surface area contributed by atoms with E-state index in [1.54, 1.807) is 0 Å². The molecule has 4 nitrogen and oxygen atoms in total. The van der Waals surface area contributed by atoms with Gasteiger partial charge in [0.25, 0.3) is 0 Å². The summed E-state index contributed by atoms with van der Waals surface area (Å²) in [5.41, 5.74) is 0.934. The minimum absolute atomic E-state index is 0.0689. The Kier molecular flexibility index (Phi) is 6.56. The lowest BCUT2D eigenvalue weighted by molar-refractivity contribution is -0.121. The van der Waals surface area contributed by atoms with Crippen LogP contribution in [0.25, 0.3) is 0 Å². The summed E-state index contributed by atoms with van der Waals surface area (Å²) in [4.78, 5) is 12.2. The van der Waals surface area contributed by atoms with Gasteiger partial charge in [0.15, 0.2) is 0 Å². The number of ether oxygens (including phenoxy) is 1. The van der Waals surface area contributed by atoms with Gasteiger partial charge >= 0.3 is 0 Å².